The molecule has 0 aromatic carbocycles. The Morgan fingerprint density at radius 2 is 2.44 bits per heavy atom. The van der Waals surface area contributed by atoms with Gasteiger partial charge in [0.1, 0.15) is 5.76 Å². The van der Waals surface area contributed by atoms with Gasteiger partial charge in [0.05, 0.1) is 12.9 Å². The number of hydrogen-bond donors (Lipinski definition) is 2. The number of methoxy groups -OCH3 is 1. The first-order valence-corrected chi connectivity index (χ1v) is 5.28. The normalized spacial score (nSPS) is 12.1. The highest BCUT2D eigenvalue weighted by Crippen LogP contribution is 2.03. The SMILES string of the molecule is COCCNC(=O)NC(C)Cc1ccco1. The van der Waals surface area contributed by atoms with Gasteiger partial charge in [0.25, 0.3) is 0 Å². The van der Waals surface area contributed by atoms with E-state index in [4.69, 9.17) is 9.15 Å². The lowest BCUT2D eigenvalue weighted by molar-refractivity contribution is 0.195. The van der Waals surface area contributed by atoms with E-state index in [1.165, 1.54) is 0 Å². The molecule has 1 atom stereocenters. The minimum absolute atomic E-state index is 0.0358. The number of nitrogens with one attached hydrogen (secondary N) is 2. The van der Waals surface area contributed by atoms with E-state index in [0.717, 1.165) is 5.76 Å². The van der Waals surface area contributed by atoms with Crippen molar-refractivity contribution in [3.8, 4) is 0 Å². The number of hydrogen-bond acceptors (Lipinski definition) is 3. The molecule has 1 aromatic rings. The van der Waals surface area contributed by atoms with Gasteiger partial charge in [0, 0.05) is 26.1 Å². The van der Waals surface area contributed by atoms with Crippen LogP contribution < -0.4 is 10.6 Å². The van der Waals surface area contributed by atoms with E-state index in [0.29, 0.717) is 19.6 Å². The van der Waals surface area contributed by atoms with Gasteiger partial charge < -0.3 is 19.8 Å². The third-order valence-corrected chi connectivity index (χ3v) is 2.06. The lowest BCUT2D eigenvalue weighted by Gasteiger charge is -2.13. The monoisotopic (exact) mass is 226 g/mol. The van der Waals surface area contributed by atoms with Crippen LogP contribution in [0.4, 0.5) is 4.79 Å². The molecule has 1 aromatic heterocycles. The molecular weight excluding hydrogens is 208 g/mol. The van der Waals surface area contributed by atoms with Crippen LogP contribution in [0.2, 0.25) is 0 Å². The maximum atomic E-state index is 11.3. The summed E-state index contributed by atoms with van der Waals surface area (Å²) in [6.07, 6.45) is 2.31. The van der Waals surface area contributed by atoms with Gasteiger partial charge in [-0.25, -0.2) is 4.79 Å². The first-order chi connectivity index (χ1) is 7.72. The maximum absolute atomic E-state index is 11.3. The lowest BCUT2D eigenvalue weighted by atomic mass is 10.2. The number of furan rings is 1. The van der Waals surface area contributed by atoms with Gasteiger partial charge in [-0.15, -0.1) is 0 Å². The zero-order chi connectivity index (χ0) is 11.8. The molecule has 5 nitrogen and oxygen atoms in total. The summed E-state index contributed by atoms with van der Waals surface area (Å²) in [5.74, 6) is 0.865. The van der Waals surface area contributed by atoms with Crippen molar-refractivity contribution in [1.82, 2.24) is 10.6 Å². The van der Waals surface area contributed by atoms with Crippen LogP contribution in [0, 0.1) is 0 Å². The number of rotatable bonds is 6. The Bertz CT molecular complexity index is 298. The first kappa shape index (κ1) is 12.6. The molecule has 1 unspecified atom stereocenters. The van der Waals surface area contributed by atoms with E-state index in [2.05, 4.69) is 10.6 Å². The van der Waals surface area contributed by atoms with Gasteiger partial charge in [-0.1, -0.05) is 0 Å². The maximum Gasteiger partial charge on any atom is 0.315 e. The highest BCUT2D eigenvalue weighted by atomic mass is 16.5. The van der Waals surface area contributed by atoms with Gasteiger partial charge in [-0.05, 0) is 19.1 Å². The number of ether oxygens (including phenoxy) is 1. The lowest BCUT2D eigenvalue weighted by Crippen LogP contribution is -2.42. The Kier molecular flexibility index (Phi) is 5.42. The van der Waals surface area contributed by atoms with E-state index in [9.17, 15) is 4.79 Å². The number of carbonyl (C=O) groups is 1. The van der Waals surface area contributed by atoms with Crippen molar-refractivity contribution < 1.29 is 13.9 Å². The average molecular weight is 226 g/mol. The van der Waals surface area contributed by atoms with E-state index >= 15 is 0 Å². The molecule has 90 valence electrons. The van der Waals surface area contributed by atoms with Crippen LogP contribution in [0.25, 0.3) is 0 Å². The zero-order valence-electron chi connectivity index (χ0n) is 9.66. The molecule has 0 saturated carbocycles. The van der Waals surface area contributed by atoms with Crippen molar-refractivity contribution in [1.29, 1.82) is 0 Å². The van der Waals surface area contributed by atoms with Crippen LogP contribution in [0.15, 0.2) is 22.8 Å². The molecule has 2 N–H and O–H groups in total. The van der Waals surface area contributed by atoms with Crippen LogP contribution in [0.5, 0.6) is 0 Å². The molecule has 0 aliphatic carbocycles. The van der Waals surface area contributed by atoms with Crippen LogP contribution in [-0.4, -0.2) is 32.3 Å². The van der Waals surface area contributed by atoms with Crippen LogP contribution >= 0.6 is 0 Å². The molecule has 0 aliphatic rings. The van der Waals surface area contributed by atoms with Crippen molar-refractivity contribution in [2.45, 2.75) is 19.4 Å². The molecule has 5 heteroatoms. The predicted octanol–water partition coefficient (Wildman–Crippen LogP) is 1.16. The van der Waals surface area contributed by atoms with Gasteiger partial charge >= 0.3 is 6.03 Å². The van der Waals surface area contributed by atoms with Gasteiger partial charge in [0.2, 0.25) is 0 Å². The summed E-state index contributed by atoms with van der Waals surface area (Å²) in [7, 11) is 1.60. The average Bonchev–Trinajstić information content (AvgIpc) is 2.70. The van der Waals surface area contributed by atoms with Crippen molar-refractivity contribution >= 4 is 6.03 Å². The molecular formula is C11H18N2O3. The topological polar surface area (TPSA) is 63.5 Å². The second-order valence-corrected chi connectivity index (χ2v) is 3.58. The van der Waals surface area contributed by atoms with Crippen molar-refractivity contribution in [2.24, 2.45) is 0 Å². The summed E-state index contributed by atoms with van der Waals surface area (Å²) in [5.41, 5.74) is 0. The molecule has 16 heavy (non-hydrogen) atoms. The summed E-state index contributed by atoms with van der Waals surface area (Å²) in [4.78, 5) is 11.3. The largest absolute Gasteiger partial charge is 0.469 e. The van der Waals surface area contributed by atoms with Crippen molar-refractivity contribution in [3.05, 3.63) is 24.2 Å². The predicted molar refractivity (Wildman–Crippen MR) is 60.3 cm³/mol. The fourth-order valence-corrected chi connectivity index (χ4v) is 1.32. The molecule has 1 rings (SSSR count). The fourth-order valence-electron chi connectivity index (χ4n) is 1.32. The molecule has 0 radical (unpaired) electrons. The van der Waals surface area contributed by atoms with Crippen LogP contribution in [-0.2, 0) is 11.2 Å². The summed E-state index contributed by atoms with van der Waals surface area (Å²) >= 11 is 0. The smallest absolute Gasteiger partial charge is 0.315 e. The van der Waals surface area contributed by atoms with Crippen LogP contribution in [0.1, 0.15) is 12.7 Å². The Balaban J connectivity index is 2.18. The Morgan fingerprint density at radius 3 is 3.06 bits per heavy atom. The Morgan fingerprint density at radius 1 is 1.62 bits per heavy atom. The minimum Gasteiger partial charge on any atom is -0.469 e. The number of carbonyl (C=O) groups excluding carboxylic acids is 1. The molecule has 1 heterocycles. The van der Waals surface area contributed by atoms with Gasteiger partial charge in [-0.2, -0.15) is 0 Å². The van der Waals surface area contributed by atoms with E-state index < -0.39 is 0 Å². The first-order valence-electron chi connectivity index (χ1n) is 5.28. The number of amides is 2. The second-order valence-electron chi connectivity index (χ2n) is 3.58. The molecule has 0 fully saturated rings. The van der Waals surface area contributed by atoms with E-state index in [-0.39, 0.29) is 12.1 Å². The molecule has 0 aliphatic heterocycles. The van der Waals surface area contributed by atoms with E-state index in [1.54, 1.807) is 13.4 Å². The summed E-state index contributed by atoms with van der Waals surface area (Å²) in [6, 6.07) is 3.58. The number of urea groups is 1. The Labute approximate surface area is 95.2 Å². The van der Waals surface area contributed by atoms with Crippen molar-refractivity contribution in [3.63, 3.8) is 0 Å². The zero-order valence-corrected chi connectivity index (χ0v) is 9.66. The summed E-state index contributed by atoms with van der Waals surface area (Å²) in [5, 5.41) is 5.50. The highest BCUT2D eigenvalue weighted by Gasteiger charge is 2.08. The standard InChI is InChI=1S/C11H18N2O3/c1-9(8-10-4-3-6-16-10)13-11(14)12-5-7-15-2/h3-4,6,9H,5,7-8H2,1-2H3,(H2,12,13,14). The molecule has 0 saturated heterocycles. The fraction of sp³-hybridized carbons (Fsp3) is 0.545. The van der Waals surface area contributed by atoms with Crippen LogP contribution in [0.3, 0.4) is 0 Å². The molecule has 0 spiro atoms. The third kappa shape index (κ3) is 4.84. The third-order valence-electron chi connectivity index (χ3n) is 2.06. The molecule has 2 amide bonds. The van der Waals surface area contributed by atoms with E-state index in [1.807, 2.05) is 19.1 Å². The summed E-state index contributed by atoms with van der Waals surface area (Å²) < 4.78 is 10.0. The second kappa shape index (κ2) is 6.90. The minimum atomic E-state index is -0.184. The highest BCUT2D eigenvalue weighted by molar-refractivity contribution is 5.74. The quantitative estimate of drug-likeness (QED) is 0.715. The summed E-state index contributed by atoms with van der Waals surface area (Å²) in [6.45, 7) is 2.95. The Hall–Kier alpha value is -1.49. The van der Waals surface area contributed by atoms with Crippen molar-refractivity contribution in [2.75, 3.05) is 20.3 Å². The molecule has 0 bridgehead atoms. The van der Waals surface area contributed by atoms with Gasteiger partial charge in [-0.3, -0.25) is 0 Å². The van der Waals surface area contributed by atoms with Gasteiger partial charge in [0.15, 0.2) is 0 Å².